The van der Waals surface area contributed by atoms with Crippen molar-refractivity contribution in [1.82, 2.24) is 5.32 Å². The van der Waals surface area contributed by atoms with E-state index in [-0.39, 0.29) is 5.91 Å². The van der Waals surface area contributed by atoms with Crippen LogP contribution in [0.1, 0.15) is 33.6 Å². The Bertz CT molecular complexity index is 587. The molecule has 0 atom stereocenters. The molecule has 0 saturated heterocycles. The number of amides is 1. The van der Waals surface area contributed by atoms with Gasteiger partial charge < -0.3 is 11.1 Å². The van der Waals surface area contributed by atoms with Crippen LogP contribution in [-0.4, -0.2) is 11.9 Å². The highest BCUT2D eigenvalue weighted by molar-refractivity contribution is 7.16. The highest BCUT2D eigenvalue weighted by Gasteiger charge is 2.25. The van der Waals surface area contributed by atoms with Crippen LogP contribution in [0, 0.1) is 0 Å². The molecule has 3 N–H and O–H groups in total. The van der Waals surface area contributed by atoms with Crippen LogP contribution >= 0.6 is 11.3 Å². The molecule has 3 nitrogen and oxygen atoms in total. The zero-order valence-corrected chi connectivity index (χ0v) is 11.4. The molecule has 1 aliphatic carbocycles. The van der Waals surface area contributed by atoms with Crippen molar-refractivity contribution in [1.29, 1.82) is 0 Å². The first kappa shape index (κ1) is 12.2. The number of carbonyl (C=O) groups is 1. The molecule has 1 fully saturated rings. The van der Waals surface area contributed by atoms with Crippen molar-refractivity contribution >= 4 is 22.2 Å². The molecule has 0 bridgehead atoms. The van der Waals surface area contributed by atoms with E-state index in [1.54, 1.807) is 0 Å². The monoisotopic (exact) mass is 272 g/mol. The fraction of sp³-hybridized carbons (Fsp3) is 0.267. The predicted octanol–water partition coefficient (Wildman–Crippen LogP) is 2.81. The molecule has 1 heterocycles. The number of carbonyl (C=O) groups excluding carboxylic acids is 1. The largest absolute Gasteiger partial charge is 0.390 e. The maximum Gasteiger partial charge on any atom is 0.254 e. The maximum absolute atomic E-state index is 12.0. The summed E-state index contributed by atoms with van der Waals surface area (Å²) >= 11 is 1.50. The molecule has 4 heteroatoms. The zero-order chi connectivity index (χ0) is 13.2. The highest BCUT2D eigenvalue weighted by atomic mass is 32.1. The second-order valence-corrected chi connectivity index (χ2v) is 6.07. The van der Waals surface area contributed by atoms with Gasteiger partial charge in [-0.2, -0.15) is 0 Å². The molecule has 0 aliphatic heterocycles. The van der Waals surface area contributed by atoms with Crippen LogP contribution in [-0.2, 0) is 6.42 Å². The van der Waals surface area contributed by atoms with E-state index in [0.29, 0.717) is 16.6 Å². The molecule has 3 rings (SSSR count). The van der Waals surface area contributed by atoms with Crippen LogP contribution in [0.4, 0.5) is 5.00 Å². The second kappa shape index (κ2) is 5.05. The van der Waals surface area contributed by atoms with E-state index in [1.807, 2.05) is 24.3 Å². The van der Waals surface area contributed by atoms with Crippen LogP contribution in [0.5, 0.6) is 0 Å². The SMILES string of the molecule is Nc1sc(Cc2ccccc2)cc1C(=O)NC1CC1. The van der Waals surface area contributed by atoms with E-state index in [2.05, 4.69) is 17.4 Å². The third kappa shape index (κ3) is 2.96. The van der Waals surface area contributed by atoms with Gasteiger partial charge >= 0.3 is 0 Å². The Labute approximate surface area is 116 Å². The van der Waals surface area contributed by atoms with Gasteiger partial charge in [-0.05, 0) is 24.5 Å². The van der Waals surface area contributed by atoms with Crippen LogP contribution in [0.3, 0.4) is 0 Å². The molecule has 2 aromatic rings. The van der Waals surface area contributed by atoms with E-state index in [1.165, 1.54) is 16.9 Å². The Morgan fingerprint density at radius 2 is 2.05 bits per heavy atom. The number of nitrogens with two attached hydrogens (primary N) is 1. The lowest BCUT2D eigenvalue weighted by atomic mass is 10.1. The summed E-state index contributed by atoms with van der Waals surface area (Å²) in [5.41, 5.74) is 7.81. The number of hydrogen-bond donors (Lipinski definition) is 2. The predicted molar refractivity (Wildman–Crippen MR) is 78.5 cm³/mol. The van der Waals surface area contributed by atoms with Gasteiger partial charge in [-0.3, -0.25) is 4.79 Å². The number of anilines is 1. The molecule has 19 heavy (non-hydrogen) atoms. The number of hydrogen-bond acceptors (Lipinski definition) is 3. The van der Waals surface area contributed by atoms with E-state index < -0.39 is 0 Å². The molecule has 0 radical (unpaired) electrons. The van der Waals surface area contributed by atoms with Gasteiger partial charge in [0.05, 0.1) is 10.6 Å². The Morgan fingerprint density at radius 1 is 1.32 bits per heavy atom. The molecule has 1 aromatic carbocycles. The topological polar surface area (TPSA) is 55.1 Å². The van der Waals surface area contributed by atoms with Crippen molar-refractivity contribution in [3.05, 3.63) is 52.4 Å². The summed E-state index contributed by atoms with van der Waals surface area (Å²) in [5, 5.41) is 3.59. The molecule has 0 unspecified atom stereocenters. The first-order valence-electron chi connectivity index (χ1n) is 6.45. The summed E-state index contributed by atoms with van der Waals surface area (Å²) in [6, 6.07) is 12.5. The summed E-state index contributed by atoms with van der Waals surface area (Å²) in [6.45, 7) is 0. The van der Waals surface area contributed by atoms with Crippen molar-refractivity contribution in [3.63, 3.8) is 0 Å². The highest BCUT2D eigenvalue weighted by Crippen LogP contribution is 2.28. The molecule has 1 amide bonds. The normalized spacial score (nSPS) is 14.3. The second-order valence-electron chi connectivity index (χ2n) is 4.90. The minimum absolute atomic E-state index is 0.0319. The Balaban J connectivity index is 1.75. The number of nitrogen functional groups attached to an aromatic ring is 1. The Kier molecular flexibility index (Phi) is 3.25. The van der Waals surface area contributed by atoms with E-state index >= 15 is 0 Å². The lowest BCUT2D eigenvalue weighted by Crippen LogP contribution is -2.25. The Morgan fingerprint density at radius 3 is 2.74 bits per heavy atom. The van der Waals surface area contributed by atoms with Gasteiger partial charge in [0, 0.05) is 17.3 Å². The van der Waals surface area contributed by atoms with Crippen LogP contribution in [0.2, 0.25) is 0 Å². The van der Waals surface area contributed by atoms with E-state index in [4.69, 9.17) is 5.73 Å². The molecule has 1 aromatic heterocycles. The first-order chi connectivity index (χ1) is 9.22. The standard InChI is InChI=1S/C15H16N2OS/c16-14-13(15(18)17-11-6-7-11)9-12(19-14)8-10-4-2-1-3-5-10/h1-5,9,11H,6-8,16H2,(H,17,18). The molecule has 1 saturated carbocycles. The van der Waals surface area contributed by atoms with E-state index in [9.17, 15) is 4.79 Å². The van der Waals surface area contributed by atoms with Crippen molar-refractivity contribution in [2.45, 2.75) is 25.3 Å². The number of benzene rings is 1. The molecule has 98 valence electrons. The number of rotatable bonds is 4. The van der Waals surface area contributed by atoms with Gasteiger partial charge in [0.25, 0.3) is 5.91 Å². The van der Waals surface area contributed by atoms with Crippen molar-refractivity contribution < 1.29 is 4.79 Å². The first-order valence-corrected chi connectivity index (χ1v) is 7.27. The lowest BCUT2D eigenvalue weighted by molar-refractivity contribution is 0.0952. The van der Waals surface area contributed by atoms with Gasteiger partial charge in [-0.25, -0.2) is 0 Å². The van der Waals surface area contributed by atoms with Gasteiger partial charge in [0.1, 0.15) is 0 Å². The molecule has 0 spiro atoms. The molecular formula is C15H16N2OS. The minimum Gasteiger partial charge on any atom is -0.390 e. The summed E-state index contributed by atoms with van der Waals surface area (Å²) in [4.78, 5) is 13.1. The third-order valence-electron chi connectivity index (χ3n) is 3.19. The minimum atomic E-state index is -0.0319. The lowest BCUT2D eigenvalue weighted by Gasteiger charge is -2.00. The van der Waals surface area contributed by atoms with Gasteiger partial charge in [0.2, 0.25) is 0 Å². The average molecular weight is 272 g/mol. The van der Waals surface area contributed by atoms with Crippen LogP contribution < -0.4 is 11.1 Å². The summed E-state index contributed by atoms with van der Waals surface area (Å²) in [6.07, 6.45) is 3.01. The van der Waals surface area contributed by atoms with E-state index in [0.717, 1.165) is 24.1 Å². The third-order valence-corrected chi connectivity index (χ3v) is 4.15. The van der Waals surface area contributed by atoms with Crippen molar-refractivity contribution in [2.24, 2.45) is 0 Å². The smallest absolute Gasteiger partial charge is 0.254 e. The summed E-state index contributed by atoms with van der Waals surface area (Å²) in [7, 11) is 0. The van der Waals surface area contributed by atoms with Gasteiger partial charge in [-0.1, -0.05) is 30.3 Å². The zero-order valence-electron chi connectivity index (χ0n) is 10.6. The average Bonchev–Trinajstić information content (AvgIpc) is 3.13. The fourth-order valence-corrected chi connectivity index (χ4v) is 2.97. The fourth-order valence-electron chi connectivity index (χ4n) is 2.01. The number of nitrogens with one attached hydrogen (secondary N) is 1. The molecular weight excluding hydrogens is 256 g/mol. The van der Waals surface area contributed by atoms with Crippen LogP contribution in [0.15, 0.2) is 36.4 Å². The maximum atomic E-state index is 12.0. The molecule has 1 aliphatic rings. The quantitative estimate of drug-likeness (QED) is 0.899. The van der Waals surface area contributed by atoms with Gasteiger partial charge in [-0.15, -0.1) is 11.3 Å². The van der Waals surface area contributed by atoms with Gasteiger partial charge in [0.15, 0.2) is 0 Å². The van der Waals surface area contributed by atoms with Crippen molar-refractivity contribution in [3.8, 4) is 0 Å². The van der Waals surface area contributed by atoms with Crippen molar-refractivity contribution in [2.75, 3.05) is 5.73 Å². The summed E-state index contributed by atoms with van der Waals surface area (Å²) < 4.78 is 0. The number of thiophene rings is 1. The summed E-state index contributed by atoms with van der Waals surface area (Å²) in [5.74, 6) is -0.0319. The Hall–Kier alpha value is -1.81. The van der Waals surface area contributed by atoms with Crippen LogP contribution in [0.25, 0.3) is 0 Å².